The van der Waals surface area contributed by atoms with Crippen molar-refractivity contribution in [2.45, 2.75) is 51.7 Å². The van der Waals surface area contributed by atoms with E-state index < -0.39 is 25.0 Å². The highest BCUT2D eigenvalue weighted by molar-refractivity contribution is 7.58. The molecule has 0 radical (unpaired) electrons. The molecule has 5 N–H and O–H groups in total. The highest BCUT2D eigenvalue weighted by Gasteiger charge is 2.38. The van der Waals surface area contributed by atoms with E-state index in [9.17, 15) is 24.2 Å². The molecular weight excluding hydrogens is 379 g/mol. The van der Waals surface area contributed by atoms with Gasteiger partial charge in [-0.2, -0.15) is 0 Å². The third-order valence-electron chi connectivity index (χ3n) is 4.70. The van der Waals surface area contributed by atoms with Crippen LogP contribution in [0.4, 0.5) is 0 Å². The van der Waals surface area contributed by atoms with Gasteiger partial charge in [0.1, 0.15) is 5.78 Å². The van der Waals surface area contributed by atoms with Crippen LogP contribution in [0.25, 0.3) is 0 Å². The van der Waals surface area contributed by atoms with Gasteiger partial charge in [0.15, 0.2) is 0 Å². The number of nitrogens with one attached hydrogen (secondary N) is 1. The number of carboxylic acid groups (broad SMARTS) is 1. The molecule has 8 heteroatoms. The molecule has 1 aromatic carbocycles. The van der Waals surface area contributed by atoms with Crippen LogP contribution in [0, 0.1) is 11.8 Å². The zero-order valence-corrected chi connectivity index (χ0v) is 17.6. The molecule has 0 fully saturated rings. The molecule has 28 heavy (non-hydrogen) atoms. The van der Waals surface area contributed by atoms with Crippen molar-refractivity contribution in [2.24, 2.45) is 17.6 Å². The Kier molecular flexibility index (Phi) is 10.4. The quantitative estimate of drug-likeness (QED) is 0.290. The average Bonchev–Trinajstić information content (AvgIpc) is 2.64. The SMILES string of the molecule is CC(C)C(NC(=O)CCc1ccccc1)P(=O)(O)CC(CCCCN)C(=O)O.[HH]. The molecule has 0 aliphatic rings. The van der Waals surface area contributed by atoms with Crippen molar-refractivity contribution < 1.29 is 25.6 Å². The monoisotopic (exact) mass is 414 g/mol. The van der Waals surface area contributed by atoms with Crippen molar-refractivity contribution in [3.8, 4) is 0 Å². The molecule has 0 aliphatic heterocycles. The van der Waals surface area contributed by atoms with E-state index in [1.165, 1.54) is 0 Å². The third kappa shape index (κ3) is 8.55. The van der Waals surface area contributed by atoms with Gasteiger partial charge in [-0.05, 0) is 37.3 Å². The maximum absolute atomic E-state index is 13.0. The first-order valence-corrected chi connectivity index (χ1v) is 11.7. The predicted molar refractivity (Wildman–Crippen MR) is 112 cm³/mol. The van der Waals surface area contributed by atoms with E-state index in [-0.39, 0.29) is 25.8 Å². The summed E-state index contributed by atoms with van der Waals surface area (Å²) >= 11 is 0. The Hall–Kier alpha value is -1.69. The van der Waals surface area contributed by atoms with Gasteiger partial charge >= 0.3 is 5.97 Å². The van der Waals surface area contributed by atoms with Gasteiger partial charge in [-0.3, -0.25) is 14.2 Å². The Bertz CT molecular complexity index is 672. The first-order valence-electron chi connectivity index (χ1n) is 9.75. The predicted octanol–water partition coefficient (Wildman–Crippen LogP) is 3.06. The Labute approximate surface area is 168 Å². The van der Waals surface area contributed by atoms with Gasteiger partial charge in [0.25, 0.3) is 0 Å². The molecular formula is C20H35N2O5P. The summed E-state index contributed by atoms with van der Waals surface area (Å²) in [5, 5.41) is 12.1. The fourth-order valence-corrected chi connectivity index (χ4v) is 5.61. The summed E-state index contributed by atoms with van der Waals surface area (Å²) in [5.74, 6) is -3.59. The second-order valence-corrected chi connectivity index (χ2v) is 9.93. The number of nitrogens with two attached hydrogens (primary N) is 1. The first-order chi connectivity index (χ1) is 13.2. The van der Waals surface area contributed by atoms with E-state index in [4.69, 9.17) is 5.73 Å². The number of unbranched alkanes of at least 4 members (excludes halogenated alkanes) is 1. The van der Waals surface area contributed by atoms with Crippen LogP contribution in [-0.2, 0) is 20.6 Å². The topological polar surface area (TPSA) is 130 Å². The van der Waals surface area contributed by atoms with Gasteiger partial charge in [-0.1, -0.05) is 50.6 Å². The molecule has 160 valence electrons. The van der Waals surface area contributed by atoms with Crippen LogP contribution in [0.1, 0.15) is 46.5 Å². The minimum atomic E-state index is -3.91. The molecule has 3 atom stereocenters. The number of carboxylic acids is 1. The summed E-state index contributed by atoms with van der Waals surface area (Å²) in [6, 6.07) is 9.52. The molecule has 0 heterocycles. The summed E-state index contributed by atoms with van der Waals surface area (Å²) in [4.78, 5) is 34.4. The Morgan fingerprint density at radius 1 is 1.21 bits per heavy atom. The van der Waals surface area contributed by atoms with E-state index in [0.29, 0.717) is 32.2 Å². The number of hydrogen-bond donors (Lipinski definition) is 4. The van der Waals surface area contributed by atoms with E-state index in [2.05, 4.69) is 5.32 Å². The normalized spacial score (nSPS) is 15.6. The van der Waals surface area contributed by atoms with Crippen LogP contribution in [0.15, 0.2) is 30.3 Å². The highest BCUT2D eigenvalue weighted by Crippen LogP contribution is 2.50. The molecule has 0 aromatic heterocycles. The number of carbonyl (C=O) groups excluding carboxylic acids is 1. The lowest BCUT2D eigenvalue weighted by atomic mass is 10.0. The van der Waals surface area contributed by atoms with E-state index in [1.807, 2.05) is 30.3 Å². The zero-order valence-electron chi connectivity index (χ0n) is 16.7. The largest absolute Gasteiger partial charge is 0.481 e. The molecule has 3 unspecified atom stereocenters. The van der Waals surface area contributed by atoms with Gasteiger partial charge in [-0.25, -0.2) is 0 Å². The van der Waals surface area contributed by atoms with Crippen LogP contribution in [-0.4, -0.2) is 40.4 Å². The number of carbonyl (C=O) groups is 2. The lowest BCUT2D eigenvalue weighted by Gasteiger charge is -2.29. The minimum Gasteiger partial charge on any atom is -0.481 e. The van der Waals surface area contributed by atoms with E-state index >= 15 is 0 Å². The summed E-state index contributed by atoms with van der Waals surface area (Å²) in [6.45, 7) is 3.94. The fraction of sp³-hybridized carbons (Fsp3) is 0.600. The van der Waals surface area contributed by atoms with Gasteiger partial charge in [0.2, 0.25) is 13.3 Å². The molecule has 1 aromatic rings. The second-order valence-electron chi connectivity index (χ2n) is 7.50. The van der Waals surface area contributed by atoms with Crippen molar-refractivity contribution in [1.82, 2.24) is 5.32 Å². The van der Waals surface area contributed by atoms with Gasteiger partial charge in [-0.15, -0.1) is 0 Å². The number of aryl methyl sites for hydroxylation is 1. The lowest BCUT2D eigenvalue weighted by molar-refractivity contribution is -0.141. The lowest BCUT2D eigenvalue weighted by Crippen LogP contribution is -2.40. The highest BCUT2D eigenvalue weighted by atomic mass is 31.2. The molecule has 1 amide bonds. The number of hydrogen-bond acceptors (Lipinski definition) is 4. The number of benzene rings is 1. The summed E-state index contributed by atoms with van der Waals surface area (Å²) in [6.07, 6.45) is 1.93. The summed E-state index contributed by atoms with van der Waals surface area (Å²) in [5.41, 5.74) is 6.44. The number of aliphatic carboxylic acids is 1. The maximum Gasteiger partial charge on any atom is 0.307 e. The molecule has 1 rings (SSSR count). The molecule has 0 saturated carbocycles. The van der Waals surface area contributed by atoms with Crippen LogP contribution in [0.2, 0.25) is 0 Å². The van der Waals surface area contributed by atoms with Gasteiger partial charge in [0, 0.05) is 14.0 Å². The van der Waals surface area contributed by atoms with Gasteiger partial charge in [0.05, 0.1) is 5.92 Å². The molecule has 0 saturated heterocycles. The van der Waals surface area contributed by atoms with E-state index in [0.717, 1.165) is 5.56 Å². The fourth-order valence-electron chi connectivity index (χ4n) is 3.13. The third-order valence-corrected chi connectivity index (χ3v) is 7.26. The zero-order chi connectivity index (χ0) is 21.2. The number of amides is 1. The standard InChI is InChI=1S/C20H33N2O5P.H2/c1-15(2)19(22-18(23)12-11-16-8-4-3-5-9-16)28(26,27)14-17(20(24)25)10-6-7-13-21;/h3-5,8-9,15,17,19H,6-7,10-14,21H2,1-2H3,(H,22,23)(H,24,25)(H,26,27);1H. The van der Waals surface area contributed by atoms with Crippen LogP contribution >= 0.6 is 7.37 Å². The van der Waals surface area contributed by atoms with E-state index in [1.54, 1.807) is 13.8 Å². The van der Waals surface area contributed by atoms with Crippen molar-refractivity contribution in [3.05, 3.63) is 35.9 Å². The van der Waals surface area contributed by atoms with Crippen molar-refractivity contribution in [2.75, 3.05) is 12.7 Å². The van der Waals surface area contributed by atoms with Crippen LogP contribution < -0.4 is 11.1 Å². The first kappa shape index (κ1) is 24.3. The molecule has 0 spiro atoms. The number of rotatable bonds is 13. The van der Waals surface area contributed by atoms with Crippen molar-refractivity contribution >= 4 is 19.2 Å². The summed E-state index contributed by atoms with van der Waals surface area (Å²) in [7, 11) is -3.91. The Morgan fingerprint density at radius 3 is 2.39 bits per heavy atom. The Morgan fingerprint density at radius 2 is 1.86 bits per heavy atom. The molecule has 7 nitrogen and oxygen atoms in total. The van der Waals surface area contributed by atoms with Crippen LogP contribution in [0.3, 0.4) is 0 Å². The van der Waals surface area contributed by atoms with Crippen molar-refractivity contribution in [1.29, 1.82) is 0 Å². The van der Waals surface area contributed by atoms with Crippen molar-refractivity contribution in [3.63, 3.8) is 0 Å². The smallest absolute Gasteiger partial charge is 0.307 e. The van der Waals surface area contributed by atoms with Crippen LogP contribution in [0.5, 0.6) is 0 Å². The Balaban J connectivity index is 0.00000784. The molecule has 0 aliphatic carbocycles. The summed E-state index contributed by atoms with van der Waals surface area (Å²) < 4.78 is 13.0. The molecule has 0 bridgehead atoms. The van der Waals surface area contributed by atoms with Gasteiger partial charge < -0.3 is 21.1 Å². The average molecular weight is 414 g/mol. The maximum atomic E-state index is 13.0. The second kappa shape index (κ2) is 12.0. The minimum absolute atomic E-state index is 0.